The predicted molar refractivity (Wildman–Crippen MR) is 115 cm³/mol. The molecule has 2 rings (SSSR count). The van der Waals surface area contributed by atoms with Crippen molar-refractivity contribution in [1.29, 1.82) is 0 Å². The number of hydrogen-bond donors (Lipinski definition) is 1. The lowest BCUT2D eigenvalue weighted by molar-refractivity contribution is -0.123. The number of amides is 1. The number of rotatable bonds is 12. The maximum atomic E-state index is 11.9. The molecule has 0 atom stereocenters. The monoisotopic (exact) mass is 398 g/mol. The van der Waals surface area contributed by atoms with E-state index in [1.54, 1.807) is 13.3 Å². The van der Waals surface area contributed by atoms with Gasteiger partial charge in [-0.1, -0.05) is 38.8 Å². The van der Waals surface area contributed by atoms with Crippen LogP contribution in [0.15, 0.2) is 47.6 Å². The Morgan fingerprint density at radius 3 is 2.52 bits per heavy atom. The van der Waals surface area contributed by atoms with Crippen LogP contribution in [-0.4, -0.2) is 32.4 Å². The molecule has 6 heteroatoms. The number of aryl methyl sites for hydroxylation is 1. The van der Waals surface area contributed by atoms with E-state index in [1.165, 1.54) is 5.56 Å². The first-order valence-corrected chi connectivity index (χ1v) is 10.0. The van der Waals surface area contributed by atoms with Crippen LogP contribution in [0, 0.1) is 0 Å². The molecule has 2 aromatic rings. The van der Waals surface area contributed by atoms with Crippen LogP contribution in [-0.2, 0) is 11.2 Å². The number of hydrogen-bond acceptors (Lipinski definition) is 5. The average molecular weight is 399 g/mol. The lowest BCUT2D eigenvalue weighted by Crippen LogP contribution is -2.24. The van der Waals surface area contributed by atoms with Gasteiger partial charge in [0, 0.05) is 0 Å². The van der Waals surface area contributed by atoms with Gasteiger partial charge in [0.05, 0.1) is 19.9 Å². The molecular weight excluding hydrogens is 368 g/mol. The van der Waals surface area contributed by atoms with E-state index in [0.29, 0.717) is 23.9 Å². The maximum Gasteiger partial charge on any atom is 0.277 e. The first kappa shape index (κ1) is 22.3. The first-order chi connectivity index (χ1) is 14.2. The number of carbonyl (C=O) groups is 1. The minimum Gasteiger partial charge on any atom is -0.493 e. The highest BCUT2D eigenvalue weighted by Gasteiger charge is 2.05. The first-order valence-electron chi connectivity index (χ1n) is 10.0. The van der Waals surface area contributed by atoms with Gasteiger partial charge in [0.1, 0.15) is 5.75 Å². The van der Waals surface area contributed by atoms with Gasteiger partial charge in [0.15, 0.2) is 18.1 Å². The summed E-state index contributed by atoms with van der Waals surface area (Å²) in [7, 11) is 1.60. The van der Waals surface area contributed by atoms with E-state index in [0.717, 1.165) is 31.2 Å². The summed E-state index contributed by atoms with van der Waals surface area (Å²) >= 11 is 0. The van der Waals surface area contributed by atoms with Crippen molar-refractivity contribution in [2.75, 3.05) is 20.3 Å². The molecule has 0 unspecified atom stereocenters. The van der Waals surface area contributed by atoms with E-state index in [9.17, 15) is 4.79 Å². The van der Waals surface area contributed by atoms with Gasteiger partial charge >= 0.3 is 0 Å². The minimum absolute atomic E-state index is 0.101. The highest BCUT2D eigenvalue weighted by molar-refractivity contribution is 5.83. The van der Waals surface area contributed by atoms with Gasteiger partial charge in [-0.2, -0.15) is 5.10 Å². The van der Waals surface area contributed by atoms with E-state index in [1.807, 2.05) is 42.5 Å². The lowest BCUT2D eigenvalue weighted by Gasteiger charge is -2.11. The Kier molecular flexibility index (Phi) is 9.55. The third kappa shape index (κ3) is 7.86. The maximum absolute atomic E-state index is 11.9. The van der Waals surface area contributed by atoms with Crippen molar-refractivity contribution in [1.82, 2.24) is 5.43 Å². The molecule has 0 saturated heterocycles. The van der Waals surface area contributed by atoms with Crippen molar-refractivity contribution in [3.05, 3.63) is 53.6 Å². The van der Waals surface area contributed by atoms with Gasteiger partial charge in [-0.3, -0.25) is 4.79 Å². The summed E-state index contributed by atoms with van der Waals surface area (Å²) in [6.07, 6.45) is 5.82. The van der Waals surface area contributed by atoms with Crippen LogP contribution in [0.2, 0.25) is 0 Å². The number of ether oxygens (including phenoxy) is 3. The molecule has 0 saturated carbocycles. The Bertz CT molecular complexity index is 788. The van der Waals surface area contributed by atoms with Gasteiger partial charge in [-0.05, 0) is 54.3 Å². The van der Waals surface area contributed by atoms with E-state index in [-0.39, 0.29) is 12.5 Å². The van der Waals surface area contributed by atoms with Crippen molar-refractivity contribution in [2.24, 2.45) is 5.10 Å². The molecule has 0 aliphatic heterocycles. The number of hydrazone groups is 1. The Morgan fingerprint density at radius 1 is 1.03 bits per heavy atom. The highest BCUT2D eigenvalue weighted by Crippen LogP contribution is 2.27. The molecule has 156 valence electrons. The summed E-state index contributed by atoms with van der Waals surface area (Å²) in [4.78, 5) is 11.9. The smallest absolute Gasteiger partial charge is 0.277 e. The Morgan fingerprint density at radius 2 is 1.83 bits per heavy atom. The predicted octanol–water partition coefficient (Wildman–Crippen LogP) is 4.36. The molecule has 0 heterocycles. The molecule has 0 aromatic heterocycles. The molecule has 0 radical (unpaired) electrons. The van der Waals surface area contributed by atoms with Crippen molar-refractivity contribution < 1.29 is 19.0 Å². The van der Waals surface area contributed by atoms with Gasteiger partial charge in [-0.25, -0.2) is 5.43 Å². The third-order valence-corrected chi connectivity index (χ3v) is 4.30. The number of unbranched alkanes of at least 4 members (excludes halogenated alkanes) is 2. The molecule has 0 aliphatic carbocycles. The van der Waals surface area contributed by atoms with Gasteiger partial charge < -0.3 is 14.2 Å². The van der Waals surface area contributed by atoms with Crippen LogP contribution in [0.25, 0.3) is 0 Å². The molecule has 0 bridgehead atoms. The SMILES string of the molecule is CCCCCOc1ccc(/C=N/NC(=O)COc2ccc(CC)cc2)cc1OC. The Labute approximate surface area is 172 Å². The average Bonchev–Trinajstić information content (AvgIpc) is 2.76. The highest BCUT2D eigenvalue weighted by atomic mass is 16.5. The molecule has 1 amide bonds. The van der Waals surface area contributed by atoms with Crippen LogP contribution in [0.1, 0.15) is 44.2 Å². The topological polar surface area (TPSA) is 69.2 Å². The molecular formula is C23H30N2O4. The number of nitrogens with one attached hydrogen (secondary N) is 1. The summed E-state index contributed by atoms with van der Waals surface area (Å²) in [6.45, 7) is 4.81. The van der Waals surface area contributed by atoms with Crippen LogP contribution >= 0.6 is 0 Å². The van der Waals surface area contributed by atoms with Crippen LogP contribution < -0.4 is 19.6 Å². The lowest BCUT2D eigenvalue weighted by atomic mass is 10.2. The standard InChI is InChI=1S/C23H30N2O4/c1-4-6-7-14-28-21-13-10-19(15-22(21)27-3)16-24-25-23(26)17-29-20-11-8-18(5-2)9-12-20/h8-13,15-16H,4-7,14,17H2,1-3H3,(H,25,26)/b24-16+. The normalized spacial score (nSPS) is 10.7. The fourth-order valence-corrected chi connectivity index (χ4v) is 2.60. The number of nitrogens with zero attached hydrogens (tertiary/aromatic N) is 1. The fourth-order valence-electron chi connectivity index (χ4n) is 2.60. The summed E-state index contributed by atoms with van der Waals surface area (Å²) in [5.41, 5.74) is 4.47. The second-order valence-electron chi connectivity index (χ2n) is 6.55. The summed E-state index contributed by atoms with van der Waals surface area (Å²) < 4.78 is 16.6. The number of carbonyl (C=O) groups excluding carboxylic acids is 1. The molecule has 2 aromatic carbocycles. The zero-order valence-electron chi connectivity index (χ0n) is 17.4. The number of benzene rings is 2. The third-order valence-electron chi connectivity index (χ3n) is 4.30. The van der Waals surface area contributed by atoms with Gasteiger partial charge in [-0.15, -0.1) is 0 Å². The second-order valence-corrected chi connectivity index (χ2v) is 6.55. The molecule has 1 N–H and O–H groups in total. The quantitative estimate of drug-likeness (QED) is 0.328. The Balaban J connectivity index is 1.81. The molecule has 6 nitrogen and oxygen atoms in total. The van der Waals surface area contributed by atoms with Crippen LogP contribution in [0.3, 0.4) is 0 Å². The van der Waals surface area contributed by atoms with Gasteiger partial charge in [0.25, 0.3) is 5.91 Å². The van der Waals surface area contributed by atoms with Crippen molar-refractivity contribution in [3.8, 4) is 17.2 Å². The molecule has 0 aliphatic rings. The van der Waals surface area contributed by atoms with E-state index < -0.39 is 0 Å². The van der Waals surface area contributed by atoms with Gasteiger partial charge in [0.2, 0.25) is 0 Å². The van der Waals surface area contributed by atoms with Crippen LogP contribution in [0.5, 0.6) is 17.2 Å². The Hall–Kier alpha value is -3.02. The zero-order chi connectivity index (χ0) is 20.9. The van der Waals surface area contributed by atoms with E-state index in [4.69, 9.17) is 14.2 Å². The largest absolute Gasteiger partial charge is 0.493 e. The van der Waals surface area contributed by atoms with E-state index in [2.05, 4.69) is 24.4 Å². The molecule has 0 spiro atoms. The molecule has 0 fully saturated rings. The fraction of sp³-hybridized carbons (Fsp3) is 0.391. The number of methoxy groups -OCH3 is 1. The summed E-state index contributed by atoms with van der Waals surface area (Å²) in [6, 6.07) is 13.2. The molecule has 29 heavy (non-hydrogen) atoms. The van der Waals surface area contributed by atoms with Crippen molar-refractivity contribution >= 4 is 12.1 Å². The summed E-state index contributed by atoms with van der Waals surface area (Å²) in [5, 5.41) is 3.97. The second kappa shape index (κ2) is 12.4. The van der Waals surface area contributed by atoms with E-state index >= 15 is 0 Å². The van der Waals surface area contributed by atoms with Crippen molar-refractivity contribution in [2.45, 2.75) is 39.5 Å². The van der Waals surface area contributed by atoms with Crippen LogP contribution in [0.4, 0.5) is 0 Å². The minimum atomic E-state index is -0.330. The van der Waals surface area contributed by atoms with Crippen molar-refractivity contribution in [3.63, 3.8) is 0 Å². The zero-order valence-corrected chi connectivity index (χ0v) is 17.4. The summed E-state index contributed by atoms with van der Waals surface area (Å²) in [5.74, 6) is 1.66.